The van der Waals surface area contributed by atoms with Gasteiger partial charge in [0.25, 0.3) is 0 Å². The summed E-state index contributed by atoms with van der Waals surface area (Å²) in [6, 6.07) is 24.8. The molecule has 0 unspecified atom stereocenters. The molecule has 0 atom stereocenters. The van der Waals surface area contributed by atoms with Crippen molar-refractivity contribution in [3.05, 3.63) is 108 Å². The molecule has 156 valence electrons. The van der Waals surface area contributed by atoms with Gasteiger partial charge in [-0.05, 0) is 54.8 Å². The second kappa shape index (κ2) is 11.1. The highest BCUT2D eigenvalue weighted by molar-refractivity contribution is 7.99. The van der Waals surface area contributed by atoms with E-state index in [-0.39, 0.29) is 5.78 Å². The fourth-order valence-electron chi connectivity index (χ4n) is 2.88. The zero-order valence-corrected chi connectivity index (χ0v) is 18.1. The minimum atomic E-state index is -0.447. The molecular formula is C26H23NO3S. The van der Waals surface area contributed by atoms with E-state index in [1.807, 2.05) is 78.9 Å². The van der Waals surface area contributed by atoms with E-state index in [9.17, 15) is 9.59 Å². The van der Waals surface area contributed by atoms with Gasteiger partial charge in [-0.3, -0.25) is 4.79 Å². The van der Waals surface area contributed by atoms with Crippen molar-refractivity contribution >= 4 is 29.2 Å². The van der Waals surface area contributed by atoms with Crippen LogP contribution >= 0.6 is 11.8 Å². The van der Waals surface area contributed by atoms with Crippen molar-refractivity contribution < 1.29 is 14.4 Å². The third kappa shape index (κ3) is 6.52. The average Bonchev–Trinajstić information content (AvgIpc) is 2.80. The average molecular weight is 430 g/mol. The first-order valence-electron chi connectivity index (χ1n) is 9.90. The maximum absolute atomic E-state index is 12.5. The van der Waals surface area contributed by atoms with Crippen LogP contribution in [0.2, 0.25) is 0 Å². The zero-order chi connectivity index (χ0) is 22.1. The highest BCUT2D eigenvalue weighted by Gasteiger charge is 2.09. The molecule has 4 nitrogen and oxygen atoms in total. The van der Waals surface area contributed by atoms with Crippen LogP contribution in [0.3, 0.4) is 0 Å². The molecule has 0 aliphatic heterocycles. The van der Waals surface area contributed by atoms with Gasteiger partial charge in [-0.1, -0.05) is 65.5 Å². The lowest BCUT2D eigenvalue weighted by Gasteiger charge is -2.07. The van der Waals surface area contributed by atoms with Gasteiger partial charge in [0.15, 0.2) is 5.78 Å². The number of allylic oxidation sites excluding steroid dienone is 1. The summed E-state index contributed by atoms with van der Waals surface area (Å²) in [5.74, 6) is -0.432. The van der Waals surface area contributed by atoms with Crippen LogP contribution in [0.5, 0.6) is 0 Å². The summed E-state index contributed by atoms with van der Waals surface area (Å²) in [7, 11) is 0. The third-order valence-corrected chi connectivity index (χ3v) is 5.46. The number of benzene rings is 3. The van der Waals surface area contributed by atoms with Gasteiger partial charge in [0.05, 0.1) is 5.71 Å². The second-order valence-corrected chi connectivity index (χ2v) is 7.94. The van der Waals surface area contributed by atoms with Crippen molar-refractivity contribution in [2.24, 2.45) is 5.16 Å². The summed E-state index contributed by atoms with van der Waals surface area (Å²) >= 11 is 1.61. The normalized spacial score (nSPS) is 11.1. The molecule has 0 radical (unpaired) electrons. The molecule has 0 fully saturated rings. The quantitative estimate of drug-likeness (QED) is 0.132. The topological polar surface area (TPSA) is 55.7 Å². The van der Waals surface area contributed by atoms with E-state index in [2.05, 4.69) is 11.7 Å². The van der Waals surface area contributed by atoms with Crippen LogP contribution in [0.4, 0.5) is 0 Å². The Morgan fingerprint density at radius 2 is 1.42 bits per heavy atom. The van der Waals surface area contributed by atoms with Gasteiger partial charge in [0, 0.05) is 27.8 Å². The van der Waals surface area contributed by atoms with Gasteiger partial charge in [0.2, 0.25) is 0 Å². The van der Waals surface area contributed by atoms with E-state index in [4.69, 9.17) is 4.84 Å². The maximum Gasteiger partial charge on any atom is 0.331 e. The van der Waals surface area contributed by atoms with Crippen LogP contribution in [-0.2, 0) is 9.63 Å². The predicted octanol–water partition coefficient (Wildman–Crippen LogP) is 6.30. The molecule has 0 saturated carbocycles. The SMILES string of the molecule is C=CCC/C(=N\OC(C)=O)c1ccc(Sc2ccc(C(=O)c3ccccc3)cc2)cc1. The standard InChI is InChI=1S/C26H23NO3S/c1-3-4-10-25(27-30-19(2)28)20-11-15-23(16-12-20)31-24-17-13-22(14-18-24)26(29)21-8-6-5-7-9-21/h3,5-9,11-18H,1,4,10H2,2H3/b27-25+. The molecule has 3 aromatic carbocycles. The fourth-order valence-corrected chi connectivity index (χ4v) is 3.70. The van der Waals surface area contributed by atoms with Crippen LogP contribution < -0.4 is 0 Å². The minimum Gasteiger partial charge on any atom is -0.318 e. The van der Waals surface area contributed by atoms with E-state index >= 15 is 0 Å². The van der Waals surface area contributed by atoms with Crippen molar-refractivity contribution in [3.63, 3.8) is 0 Å². The number of carbonyl (C=O) groups excluding carboxylic acids is 2. The largest absolute Gasteiger partial charge is 0.331 e. The van der Waals surface area contributed by atoms with Gasteiger partial charge in [-0.25, -0.2) is 4.79 Å². The van der Waals surface area contributed by atoms with Crippen LogP contribution in [0.15, 0.2) is 106 Å². The Hall–Kier alpha value is -3.44. The number of nitrogens with zero attached hydrogens (tertiary/aromatic N) is 1. The first-order valence-corrected chi connectivity index (χ1v) is 10.7. The lowest BCUT2D eigenvalue weighted by atomic mass is 10.0. The third-order valence-electron chi connectivity index (χ3n) is 4.45. The fraction of sp³-hybridized carbons (Fsp3) is 0.115. The van der Waals surface area contributed by atoms with E-state index in [1.54, 1.807) is 17.8 Å². The minimum absolute atomic E-state index is 0.0145. The zero-order valence-electron chi connectivity index (χ0n) is 17.3. The molecule has 0 aromatic heterocycles. The maximum atomic E-state index is 12.5. The number of oxime groups is 1. The number of carbonyl (C=O) groups is 2. The lowest BCUT2D eigenvalue weighted by molar-refractivity contribution is -0.140. The Balaban J connectivity index is 1.69. The first kappa shape index (κ1) is 22.2. The van der Waals surface area contributed by atoms with E-state index in [1.165, 1.54) is 6.92 Å². The molecule has 0 aliphatic carbocycles. The molecule has 0 aliphatic rings. The van der Waals surface area contributed by atoms with Crippen LogP contribution in [-0.4, -0.2) is 17.5 Å². The Morgan fingerprint density at radius 1 is 0.871 bits per heavy atom. The lowest BCUT2D eigenvalue weighted by Crippen LogP contribution is -2.03. The molecule has 31 heavy (non-hydrogen) atoms. The molecule has 0 saturated heterocycles. The molecule has 5 heteroatoms. The molecule has 0 heterocycles. The Morgan fingerprint density at radius 3 is 1.97 bits per heavy atom. The predicted molar refractivity (Wildman–Crippen MR) is 125 cm³/mol. The van der Waals surface area contributed by atoms with Gasteiger partial charge in [0.1, 0.15) is 0 Å². The number of ketones is 1. The van der Waals surface area contributed by atoms with Gasteiger partial charge in [-0.15, -0.1) is 6.58 Å². The highest BCUT2D eigenvalue weighted by atomic mass is 32.2. The van der Waals surface area contributed by atoms with Crippen LogP contribution in [0, 0.1) is 0 Å². The molecule has 0 bridgehead atoms. The summed E-state index contributed by atoms with van der Waals surface area (Å²) in [5.41, 5.74) is 2.95. The smallest absolute Gasteiger partial charge is 0.318 e. The monoisotopic (exact) mass is 429 g/mol. The van der Waals surface area contributed by atoms with Crippen LogP contribution in [0.25, 0.3) is 0 Å². The highest BCUT2D eigenvalue weighted by Crippen LogP contribution is 2.28. The summed E-state index contributed by atoms with van der Waals surface area (Å²) in [6.07, 6.45) is 3.19. The molecular weight excluding hydrogens is 406 g/mol. The van der Waals surface area contributed by atoms with Crippen molar-refractivity contribution in [2.75, 3.05) is 0 Å². The van der Waals surface area contributed by atoms with Crippen molar-refractivity contribution in [1.29, 1.82) is 0 Å². The van der Waals surface area contributed by atoms with E-state index in [0.29, 0.717) is 23.3 Å². The molecule has 3 rings (SSSR count). The number of rotatable bonds is 9. The Kier molecular flexibility index (Phi) is 7.96. The van der Waals surface area contributed by atoms with Crippen molar-refractivity contribution in [1.82, 2.24) is 0 Å². The van der Waals surface area contributed by atoms with Gasteiger partial charge in [-0.2, -0.15) is 0 Å². The summed E-state index contributed by atoms with van der Waals surface area (Å²) in [6.45, 7) is 5.06. The molecule has 0 N–H and O–H groups in total. The Labute approximate surface area is 186 Å². The second-order valence-electron chi connectivity index (χ2n) is 6.79. The van der Waals surface area contributed by atoms with Crippen molar-refractivity contribution in [2.45, 2.75) is 29.6 Å². The van der Waals surface area contributed by atoms with Crippen LogP contribution in [0.1, 0.15) is 41.3 Å². The van der Waals surface area contributed by atoms with Crippen molar-refractivity contribution in [3.8, 4) is 0 Å². The summed E-state index contributed by atoms with van der Waals surface area (Å²) in [5, 5.41) is 3.98. The Bertz CT molecular complexity index is 1070. The van der Waals surface area contributed by atoms with Gasteiger partial charge >= 0.3 is 5.97 Å². The molecule has 3 aromatic rings. The molecule has 0 amide bonds. The number of hydrogen-bond acceptors (Lipinski definition) is 5. The van der Waals surface area contributed by atoms with Gasteiger partial charge < -0.3 is 4.84 Å². The molecule has 0 spiro atoms. The van der Waals surface area contributed by atoms with E-state index < -0.39 is 5.97 Å². The summed E-state index contributed by atoms with van der Waals surface area (Å²) in [4.78, 5) is 30.5. The summed E-state index contributed by atoms with van der Waals surface area (Å²) < 4.78 is 0. The van der Waals surface area contributed by atoms with E-state index in [0.717, 1.165) is 21.8 Å². The number of hydrogen-bond donors (Lipinski definition) is 0. The first-order chi connectivity index (χ1) is 15.1.